The molecule has 4 aromatic carbocycles. The molecule has 0 aliphatic carbocycles. The number of aryl methyl sites for hydroxylation is 1. The second kappa shape index (κ2) is 14.1. The van der Waals surface area contributed by atoms with E-state index < -0.39 is 5.97 Å². The number of rotatable bonds is 13. The Morgan fingerprint density at radius 1 is 0.805 bits per heavy atom. The fourth-order valence-corrected chi connectivity index (χ4v) is 4.60. The molecular formula is C34H36N2O5. The van der Waals surface area contributed by atoms with Gasteiger partial charge in [-0.3, -0.25) is 4.79 Å². The third kappa shape index (κ3) is 8.19. The molecule has 0 saturated carbocycles. The number of carboxylic acids is 1. The van der Waals surface area contributed by atoms with Crippen LogP contribution in [0.2, 0.25) is 0 Å². The van der Waals surface area contributed by atoms with Crippen molar-refractivity contribution in [1.82, 2.24) is 10.6 Å². The number of benzene rings is 4. The van der Waals surface area contributed by atoms with E-state index in [1.165, 1.54) is 23.6 Å². The largest absolute Gasteiger partial charge is 0.489 e. The Balaban J connectivity index is 1.49. The van der Waals surface area contributed by atoms with Crippen LogP contribution in [-0.2, 0) is 24.6 Å². The van der Waals surface area contributed by atoms with Crippen LogP contribution in [0.5, 0.6) is 11.5 Å². The molecule has 0 aliphatic rings. The predicted molar refractivity (Wildman–Crippen MR) is 160 cm³/mol. The molecule has 0 aliphatic heterocycles. The van der Waals surface area contributed by atoms with E-state index in [4.69, 9.17) is 9.47 Å². The average Bonchev–Trinajstić information content (AvgIpc) is 2.96. The molecule has 0 unspecified atom stereocenters. The molecule has 0 heterocycles. The van der Waals surface area contributed by atoms with E-state index >= 15 is 0 Å². The van der Waals surface area contributed by atoms with Crippen LogP contribution in [0.3, 0.4) is 0 Å². The van der Waals surface area contributed by atoms with Crippen molar-refractivity contribution in [2.45, 2.75) is 40.5 Å². The van der Waals surface area contributed by atoms with E-state index in [1.807, 2.05) is 42.5 Å². The highest BCUT2D eigenvalue weighted by molar-refractivity contribution is 5.89. The van der Waals surface area contributed by atoms with Crippen LogP contribution in [0.15, 0.2) is 84.9 Å². The van der Waals surface area contributed by atoms with Crippen LogP contribution >= 0.6 is 0 Å². The molecule has 4 aromatic rings. The zero-order valence-electron chi connectivity index (χ0n) is 23.7. The normalized spacial score (nSPS) is 10.7. The van der Waals surface area contributed by atoms with E-state index in [2.05, 4.69) is 47.9 Å². The third-order valence-electron chi connectivity index (χ3n) is 6.87. The zero-order valence-corrected chi connectivity index (χ0v) is 23.7. The quantitative estimate of drug-likeness (QED) is 0.175. The minimum atomic E-state index is -0.947. The fraction of sp³-hybridized carbons (Fsp3) is 0.235. The lowest BCUT2D eigenvalue weighted by atomic mass is 9.97. The topological polar surface area (TPSA) is 96.9 Å². The van der Waals surface area contributed by atoms with Crippen LogP contribution in [-0.4, -0.2) is 30.1 Å². The minimum absolute atomic E-state index is 0.0638. The first-order valence-electron chi connectivity index (χ1n) is 13.6. The number of aromatic carboxylic acids is 1. The van der Waals surface area contributed by atoms with Gasteiger partial charge in [0.25, 0.3) is 0 Å². The van der Waals surface area contributed by atoms with Crippen LogP contribution in [0.25, 0.3) is 11.1 Å². The van der Waals surface area contributed by atoms with Crippen molar-refractivity contribution in [2.75, 3.05) is 13.1 Å². The third-order valence-corrected chi connectivity index (χ3v) is 6.87. The molecule has 0 fully saturated rings. The van der Waals surface area contributed by atoms with Crippen molar-refractivity contribution < 1.29 is 24.2 Å². The second-order valence-electron chi connectivity index (χ2n) is 9.92. The van der Waals surface area contributed by atoms with Gasteiger partial charge in [-0.2, -0.15) is 0 Å². The van der Waals surface area contributed by atoms with E-state index in [1.54, 1.807) is 19.1 Å². The van der Waals surface area contributed by atoms with E-state index in [0.717, 1.165) is 16.7 Å². The molecular weight excluding hydrogens is 516 g/mol. The highest BCUT2D eigenvalue weighted by Crippen LogP contribution is 2.29. The standard InChI is InChI=1S/C34H36N2O5/c1-23-18-26(12-15-31(23)34(38)39)21-41-33-19-30(14-13-28(33)20-35-16-17-36-25(3)37)40-22-29-10-7-11-32(24(29)2)27-8-5-4-6-9-27/h4-15,18-19,35H,16-17,20-22H2,1-3H3,(H,36,37)(H,38,39). The summed E-state index contributed by atoms with van der Waals surface area (Å²) in [6, 6.07) is 27.6. The lowest BCUT2D eigenvalue weighted by molar-refractivity contribution is -0.118. The molecule has 0 saturated heterocycles. The fourth-order valence-electron chi connectivity index (χ4n) is 4.60. The first kappa shape index (κ1) is 29.4. The summed E-state index contributed by atoms with van der Waals surface area (Å²) in [6.45, 7) is 7.77. The van der Waals surface area contributed by atoms with Gasteiger partial charge in [0.15, 0.2) is 0 Å². The Kier molecular flexibility index (Phi) is 10.1. The van der Waals surface area contributed by atoms with Crippen molar-refractivity contribution in [3.05, 3.63) is 118 Å². The maximum absolute atomic E-state index is 11.4. The van der Waals surface area contributed by atoms with E-state index in [9.17, 15) is 14.7 Å². The van der Waals surface area contributed by atoms with Gasteiger partial charge in [0.1, 0.15) is 24.7 Å². The molecule has 41 heavy (non-hydrogen) atoms. The second-order valence-corrected chi connectivity index (χ2v) is 9.92. The lowest BCUT2D eigenvalue weighted by Crippen LogP contribution is -2.30. The maximum Gasteiger partial charge on any atom is 0.335 e. The first-order chi connectivity index (χ1) is 19.8. The highest BCUT2D eigenvalue weighted by atomic mass is 16.5. The van der Waals surface area contributed by atoms with Gasteiger partial charge in [0, 0.05) is 38.2 Å². The van der Waals surface area contributed by atoms with Gasteiger partial charge in [-0.15, -0.1) is 0 Å². The SMILES string of the molecule is CC(=O)NCCNCc1ccc(OCc2cccc(-c3ccccc3)c2C)cc1OCc1ccc(C(=O)O)c(C)c1. The number of hydrogen-bond donors (Lipinski definition) is 3. The summed E-state index contributed by atoms with van der Waals surface area (Å²) in [5, 5.41) is 15.4. The molecule has 7 nitrogen and oxygen atoms in total. The number of carboxylic acid groups (broad SMARTS) is 1. The van der Waals surface area contributed by atoms with Gasteiger partial charge in [0.2, 0.25) is 5.91 Å². The molecule has 4 rings (SSSR count). The molecule has 0 aromatic heterocycles. The van der Waals surface area contributed by atoms with Gasteiger partial charge in [0.05, 0.1) is 5.56 Å². The number of hydrogen-bond acceptors (Lipinski definition) is 5. The van der Waals surface area contributed by atoms with Gasteiger partial charge < -0.3 is 25.2 Å². The number of nitrogens with one attached hydrogen (secondary N) is 2. The smallest absolute Gasteiger partial charge is 0.335 e. The predicted octanol–water partition coefficient (Wildman–Crippen LogP) is 6.05. The maximum atomic E-state index is 11.4. The molecule has 0 bridgehead atoms. The van der Waals surface area contributed by atoms with Crippen molar-refractivity contribution in [3.8, 4) is 22.6 Å². The molecule has 212 valence electrons. The summed E-state index contributed by atoms with van der Waals surface area (Å²) in [5.41, 5.74) is 7.41. The van der Waals surface area contributed by atoms with Gasteiger partial charge >= 0.3 is 5.97 Å². The summed E-state index contributed by atoms with van der Waals surface area (Å²) in [7, 11) is 0. The molecule has 0 spiro atoms. The molecule has 7 heteroatoms. The Morgan fingerprint density at radius 3 is 2.34 bits per heavy atom. The highest BCUT2D eigenvalue weighted by Gasteiger charge is 2.12. The Morgan fingerprint density at radius 2 is 1.61 bits per heavy atom. The zero-order chi connectivity index (χ0) is 29.2. The Labute approximate surface area is 241 Å². The summed E-state index contributed by atoms with van der Waals surface area (Å²) in [4.78, 5) is 22.5. The monoisotopic (exact) mass is 552 g/mol. The summed E-state index contributed by atoms with van der Waals surface area (Å²) >= 11 is 0. The number of carbonyl (C=O) groups excluding carboxylic acids is 1. The minimum Gasteiger partial charge on any atom is -0.489 e. The van der Waals surface area contributed by atoms with Crippen LogP contribution < -0.4 is 20.1 Å². The van der Waals surface area contributed by atoms with Gasteiger partial charge in [-0.25, -0.2) is 4.79 Å². The number of amides is 1. The number of carbonyl (C=O) groups is 2. The summed E-state index contributed by atoms with van der Waals surface area (Å²) < 4.78 is 12.5. The summed E-state index contributed by atoms with van der Waals surface area (Å²) in [6.07, 6.45) is 0. The van der Waals surface area contributed by atoms with Crippen LogP contribution in [0.4, 0.5) is 0 Å². The Hall–Kier alpha value is -4.62. The van der Waals surface area contributed by atoms with E-state index in [0.29, 0.717) is 43.3 Å². The first-order valence-corrected chi connectivity index (χ1v) is 13.6. The summed E-state index contributed by atoms with van der Waals surface area (Å²) in [5.74, 6) is 0.344. The molecule has 3 N–H and O–H groups in total. The van der Waals surface area contributed by atoms with Gasteiger partial charge in [-0.1, -0.05) is 66.7 Å². The Bertz CT molecular complexity index is 1500. The average molecular weight is 553 g/mol. The molecule has 1 amide bonds. The van der Waals surface area contributed by atoms with Crippen molar-refractivity contribution in [2.24, 2.45) is 0 Å². The molecule has 0 radical (unpaired) electrons. The van der Waals surface area contributed by atoms with Crippen molar-refractivity contribution in [3.63, 3.8) is 0 Å². The van der Waals surface area contributed by atoms with Crippen LogP contribution in [0.1, 0.15) is 45.1 Å². The van der Waals surface area contributed by atoms with Crippen molar-refractivity contribution in [1.29, 1.82) is 0 Å². The molecule has 0 atom stereocenters. The lowest BCUT2D eigenvalue weighted by Gasteiger charge is -2.16. The van der Waals surface area contributed by atoms with E-state index in [-0.39, 0.29) is 18.1 Å². The van der Waals surface area contributed by atoms with Crippen LogP contribution in [0, 0.1) is 13.8 Å². The number of ether oxygens (including phenoxy) is 2. The van der Waals surface area contributed by atoms with Crippen molar-refractivity contribution >= 4 is 11.9 Å². The van der Waals surface area contributed by atoms with Gasteiger partial charge in [-0.05, 0) is 59.4 Å².